The highest BCUT2D eigenvalue weighted by molar-refractivity contribution is 7.87. The summed E-state index contributed by atoms with van der Waals surface area (Å²) < 4.78 is 13.7. The molecule has 0 aromatic rings. The van der Waals surface area contributed by atoms with Crippen LogP contribution in [0.2, 0.25) is 0 Å². The first-order valence-corrected chi connectivity index (χ1v) is 3.93. The number of nitrogens with one attached hydrogen (secondary N) is 1. The van der Waals surface area contributed by atoms with Gasteiger partial charge in [-0.15, -0.1) is 9.03 Å². The minimum atomic E-state index is -1.77. The lowest BCUT2D eigenvalue weighted by Crippen LogP contribution is -2.42. The Balaban J connectivity index is 3.63. The van der Waals surface area contributed by atoms with E-state index in [1.54, 1.807) is 0 Å². The zero-order valence-electron chi connectivity index (χ0n) is 5.98. The van der Waals surface area contributed by atoms with Gasteiger partial charge in [0.2, 0.25) is 0 Å². The number of aliphatic hydroxyl groups is 1. The largest absolute Gasteiger partial charge is 0.573 e. The molecule has 0 rings (SSSR count). The molecule has 3 N–H and O–H groups in total. The van der Waals surface area contributed by atoms with Gasteiger partial charge in [-0.05, 0) is 0 Å². The van der Waals surface area contributed by atoms with E-state index >= 15 is 0 Å². The van der Waals surface area contributed by atoms with Crippen LogP contribution in [0.25, 0.3) is 0 Å². The normalized spacial score (nSPS) is 12.6. The second-order valence-electron chi connectivity index (χ2n) is 1.65. The summed E-state index contributed by atoms with van der Waals surface area (Å²) in [7, 11) is 1.17. The molecule has 7 heteroatoms. The molecule has 0 fully saturated rings. The molecule has 0 heterocycles. The van der Waals surface area contributed by atoms with Crippen LogP contribution >= 0.6 is 0 Å². The van der Waals surface area contributed by atoms with Gasteiger partial charge in [-0.25, -0.2) is 4.79 Å². The molecule has 0 bridgehead atoms. The molecule has 0 aliphatic heterocycles. The average molecular weight is 182 g/mol. The third kappa shape index (κ3) is 4.04. The predicted molar refractivity (Wildman–Crippen MR) is 39.0 cm³/mol. The fraction of sp³-hybridized carbons (Fsp3) is 0.750. The molecule has 1 atom stereocenters. The van der Waals surface area contributed by atoms with Gasteiger partial charge in [-0.3, -0.25) is 0 Å². The number of nitrogens with zero attached hydrogens (tertiary/aromatic N) is 1. The smallest absolute Gasteiger partial charge is 0.450 e. The maximum Gasteiger partial charge on any atom is 0.450 e. The van der Waals surface area contributed by atoms with Gasteiger partial charge in [0.25, 0.3) is 0 Å². The Kier molecular flexibility index (Phi) is 4.95. The summed E-state index contributed by atoms with van der Waals surface area (Å²) >= 11 is -1.77. The van der Waals surface area contributed by atoms with Crippen LogP contribution in [-0.2, 0) is 11.5 Å². The van der Waals surface area contributed by atoms with Crippen LogP contribution in [0.15, 0.2) is 0 Å². The van der Waals surface area contributed by atoms with E-state index in [0.717, 1.165) is 0 Å². The van der Waals surface area contributed by atoms with Gasteiger partial charge in [-0.2, -0.15) is 0 Å². The molecule has 0 spiro atoms. The van der Waals surface area contributed by atoms with E-state index in [1.165, 1.54) is 7.05 Å². The Hall–Kier alpha value is -0.500. The molecule has 0 aromatic heterocycles. The predicted octanol–water partition coefficient (Wildman–Crippen LogP) is -1.24. The Labute approximate surface area is 67.3 Å². The van der Waals surface area contributed by atoms with Gasteiger partial charge in [-0.1, -0.05) is 0 Å². The van der Waals surface area contributed by atoms with Crippen molar-refractivity contribution in [3.05, 3.63) is 0 Å². The van der Waals surface area contributed by atoms with E-state index in [4.69, 9.17) is 10.2 Å². The third-order valence-corrected chi connectivity index (χ3v) is 1.96. The molecule has 11 heavy (non-hydrogen) atoms. The van der Waals surface area contributed by atoms with Gasteiger partial charge in [0.15, 0.2) is 11.5 Å². The number of rotatable bonds is 4. The van der Waals surface area contributed by atoms with Crippen LogP contribution in [0.5, 0.6) is 0 Å². The van der Waals surface area contributed by atoms with E-state index in [9.17, 15) is 9.35 Å². The second kappa shape index (κ2) is 5.19. The van der Waals surface area contributed by atoms with Crippen LogP contribution in [0.1, 0.15) is 0 Å². The van der Waals surface area contributed by atoms with Crippen molar-refractivity contribution < 1.29 is 19.6 Å². The van der Waals surface area contributed by atoms with Gasteiger partial charge in [0.1, 0.15) is 0 Å². The van der Waals surface area contributed by atoms with Crippen LogP contribution in [0.4, 0.5) is 4.79 Å². The molecule has 6 nitrogen and oxygen atoms in total. The van der Waals surface area contributed by atoms with Crippen molar-refractivity contribution in [2.75, 3.05) is 20.2 Å². The molecule has 66 valence electrons. The lowest BCUT2D eigenvalue weighted by atomic mass is 10.8. The zero-order valence-corrected chi connectivity index (χ0v) is 6.80. The van der Waals surface area contributed by atoms with Crippen molar-refractivity contribution in [3.63, 3.8) is 0 Å². The van der Waals surface area contributed by atoms with Crippen molar-refractivity contribution in [1.82, 2.24) is 9.03 Å². The first kappa shape index (κ1) is 10.5. The summed E-state index contributed by atoms with van der Waals surface area (Å²) in [5.74, 6) is 0. The third-order valence-electron chi connectivity index (χ3n) is 0.855. The van der Waals surface area contributed by atoms with Crippen LogP contribution in [0, 0.1) is 0 Å². The van der Waals surface area contributed by atoms with E-state index in [2.05, 4.69) is 4.72 Å². The minimum absolute atomic E-state index is 0.101. The number of hydrogen-bond acceptors (Lipinski definition) is 4. The summed E-state index contributed by atoms with van der Waals surface area (Å²) in [6.07, 6.45) is -1.28. The number of carboxylic acid groups (broad SMARTS) is 1. The van der Waals surface area contributed by atoms with E-state index < -0.39 is 17.6 Å². The van der Waals surface area contributed by atoms with Gasteiger partial charge >= 0.3 is 6.09 Å². The average Bonchev–Trinajstić information content (AvgIpc) is 1.98. The van der Waals surface area contributed by atoms with E-state index in [1.807, 2.05) is 0 Å². The Morgan fingerprint density at radius 3 is 2.73 bits per heavy atom. The van der Waals surface area contributed by atoms with Crippen molar-refractivity contribution in [2.24, 2.45) is 0 Å². The molecule has 0 saturated carbocycles. The van der Waals surface area contributed by atoms with Crippen molar-refractivity contribution in [3.8, 4) is 0 Å². The number of aliphatic hydroxyl groups excluding tert-OH is 1. The van der Waals surface area contributed by atoms with E-state index in [0.29, 0.717) is 4.31 Å². The molecule has 0 aliphatic carbocycles. The SMILES string of the molecule is CN(C(=O)O)[S+]([O-])NCCO. The standard InChI is InChI=1S/C4H10N2O4S/c1-6(4(8)9)11(10)5-2-3-7/h5,7H,2-3H2,1H3,(H,8,9). The highest BCUT2D eigenvalue weighted by Crippen LogP contribution is 1.92. The second-order valence-corrected chi connectivity index (χ2v) is 2.98. The maximum atomic E-state index is 10.8. The first-order valence-electron chi connectivity index (χ1n) is 2.82. The number of hydrogen-bond donors (Lipinski definition) is 3. The summed E-state index contributed by atoms with van der Waals surface area (Å²) in [5.41, 5.74) is 0. The maximum absolute atomic E-state index is 10.8. The fourth-order valence-corrected chi connectivity index (χ4v) is 0.902. The lowest BCUT2D eigenvalue weighted by molar-refractivity contribution is 0.177. The van der Waals surface area contributed by atoms with Crippen molar-refractivity contribution >= 4 is 17.6 Å². The highest BCUT2D eigenvalue weighted by atomic mass is 32.2. The molecule has 0 aromatic carbocycles. The van der Waals surface area contributed by atoms with E-state index in [-0.39, 0.29) is 13.2 Å². The van der Waals surface area contributed by atoms with Gasteiger partial charge in [0.05, 0.1) is 20.2 Å². The van der Waals surface area contributed by atoms with Gasteiger partial charge in [0, 0.05) is 0 Å². The van der Waals surface area contributed by atoms with Crippen LogP contribution in [-0.4, -0.2) is 45.4 Å². The Bertz CT molecular complexity index is 133. The topological polar surface area (TPSA) is 95.9 Å². The highest BCUT2D eigenvalue weighted by Gasteiger charge is 2.19. The fourth-order valence-electron chi connectivity index (χ4n) is 0.301. The Morgan fingerprint density at radius 1 is 1.82 bits per heavy atom. The summed E-state index contributed by atoms with van der Waals surface area (Å²) in [6.45, 7) is -0.0799. The number of carbonyl (C=O) groups is 1. The summed E-state index contributed by atoms with van der Waals surface area (Å²) in [6, 6.07) is 0. The molecule has 1 amide bonds. The molecular formula is C4H10N2O4S. The molecule has 1 unspecified atom stereocenters. The quantitative estimate of drug-likeness (QED) is 0.472. The minimum Gasteiger partial charge on any atom is -0.573 e. The monoisotopic (exact) mass is 182 g/mol. The van der Waals surface area contributed by atoms with Crippen LogP contribution in [0.3, 0.4) is 0 Å². The molecule has 0 saturated heterocycles. The number of amides is 1. The zero-order chi connectivity index (χ0) is 8.85. The van der Waals surface area contributed by atoms with Crippen LogP contribution < -0.4 is 4.72 Å². The molecular weight excluding hydrogens is 172 g/mol. The lowest BCUT2D eigenvalue weighted by Gasteiger charge is -2.15. The van der Waals surface area contributed by atoms with Gasteiger partial charge < -0.3 is 14.8 Å². The van der Waals surface area contributed by atoms with Crippen molar-refractivity contribution in [1.29, 1.82) is 0 Å². The Morgan fingerprint density at radius 2 is 2.36 bits per heavy atom. The first-order chi connectivity index (χ1) is 5.09. The molecule has 0 aliphatic rings. The summed E-state index contributed by atoms with van der Waals surface area (Å²) in [5, 5.41) is 16.6. The summed E-state index contributed by atoms with van der Waals surface area (Å²) in [4.78, 5) is 10.1. The molecule has 0 radical (unpaired) electrons. The van der Waals surface area contributed by atoms with Crippen molar-refractivity contribution in [2.45, 2.75) is 0 Å².